The molecule has 1 saturated heterocycles. The molecule has 3 aromatic rings. The van der Waals surface area contributed by atoms with Crippen molar-refractivity contribution in [1.82, 2.24) is 0 Å². The van der Waals surface area contributed by atoms with E-state index in [-0.39, 0.29) is 5.91 Å². The summed E-state index contributed by atoms with van der Waals surface area (Å²) in [5, 5.41) is 0. The summed E-state index contributed by atoms with van der Waals surface area (Å²) in [6, 6.07) is 27.8. The van der Waals surface area contributed by atoms with Gasteiger partial charge in [-0.25, -0.2) is 0 Å². The molecule has 1 aliphatic rings. The summed E-state index contributed by atoms with van der Waals surface area (Å²) in [7, 11) is 2.04. The van der Waals surface area contributed by atoms with Gasteiger partial charge in [-0.2, -0.15) is 0 Å². The molecule has 1 fully saturated rings. The molecule has 0 N–H and O–H groups in total. The minimum Gasteiger partial charge on any atom is -0.345 e. The maximum atomic E-state index is 12.8. The van der Waals surface area contributed by atoms with E-state index in [1.165, 1.54) is 11.8 Å². The van der Waals surface area contributed by atoms with Crippen LogP contribution in [0.2, 0.25) is 0 Å². The molecule has 1 heterocycles. The average Bonchev–Trinajstić information content (AvgIpc) is 3.02. The van der Waals surface area contributed by atoms with Crippen LogP contribution in [-0.4, -0.2) is 17.3 Å². The fraction of sp³-hybridized carbons (Fsp3) is 0.0435. The SMILES string of the molecule is CN(c1ccccc1)c1ccc(C=C2SC(=S)N(c3ccccc3)C2=O)cc1. The number of amides is 1. The maximum absolute atomic E-state index is 12.8. The van der Waals surface area contributed by atoms with Gasteiger partial charge in [0.2, 0.25) is 0 Å². The van der Waals surface area contributed by atoms with Crippen molar-refractivity contribution >= 4 is 57.3 Å². The lowest BCUT2D eigenvalue weighted by Crippen LogP contribution is -2.27. The standard InChI is InChI=1S/C23H18N2OS2/c1-24(18-8-4-2-5-9-18)19-14-12-17(13-15-19)16-21-22(26)25(23(27)28-21)20-10-6-3-7-11-20/h2-16H,1H3. The molecule has 0 saturated carbocycles. The Bertz CT molecular complexity index is 1030. The predicted octanol–water partition coefficient (Wildman–Crippen LogP) is 5.86. The number of nitrogens with zero attached hydrogens (tertiary/aromatic N) is 2. The highest BCUT2D eigenvalue weighted by molar-refractivity contribution is 8.27. The Morgan fingerprint density at radius 2 is 1.43 bits per heavy atom. The van der Waals surface area contributed by atoms with Gasteiger partial charge in [-0.1, -0.05) is 72.5 Å². The molecule has 0 spiro atoms. The summed E-state index contributed by atoms with van der Waals surface area (Å²) in [4.78, 5) is 17.2. The molecular formula is C23H18N2OS2. The van der Waals surface area contributed by atoms with E-state index in [0.717, 1.165) is 22.6 Å². The van der Waals surface area contributed by atoms with Crippen molar-refractivity contribution < 1.29 is 4.79 Å². The van der Waals surface area contributed by atoms with Gasteiger partial charge in [0.25, 0.3) is 5.91 Å². The normalized spacial score (nSPS) is 15.3. The van der Waals surface area contributed by atoms with E-state index in [2.05, 4.69) is 29.2 Å². The lowest BCUT2D eigenvalue weighted by Gasteiger charge is -2.19. The first kappa shape index (κ1) is 18.5. The number of thioether (sulfide) groups is 1. The van der Waals surface area contributed by atoms with Crippen LogP contribution in [0, 0.1) is 0 Å². The number of thiocarbonyl (C=S) groups is 1. The largest absolute Gasteiger partial charge is 0.345 e. The second-order valence-corrected chi connectivity index (χ2v) is 8.01. The number of hydrogen-bond donors (Lipinski definition) is 0. The number of para-hydroxylation sites is 2. The third kappa shape index (κ3) is 3.72. The molecule has 0 aromatic heterocycles. The zero-order chi connectivity index (χ0) is 19.5. The fourth-order valence-corrected chi connectivity index (χ4v) is 4.31. The maximum Gasteiger partial charge on any atom is 0.270 e. The van der Waals surface area contributed by atoms with Gasteiger partial charge in [-0.3, -0.25) is 9.69 Å². The Balaban J connectivity index is 1.55. The number of anilines is 3. The van der Waals surface area contributed by atoms with Crippen LogP contribution >= 0.6 is 24.0 Å². The summed E-state index contributed by atoms with van der Waals surface area (Å²) in [6.45, 7) is 0. The first-order chi connectivity index (χ1) is 13.6. The van der Waals surface area contributed by atoms with Gasteiger partial charge in [-0.05, 0) is 48.0 Å². The number of carbonyl (C=O) groups excluding carboxylic acids is 1. The highest BCUT2D eigenvalue weighted by Crippen LogP contribution is 2.36. The van der Waals surface area contributed by atoms with Gasteiger partial charge in [-0.15, -0.1) is 0 Å². The molecule has 0 bridgehead atoms. The quantitative estimate of drug-likeness (QED) is 0.403. The molecule has 1 aliphatic heterocycles. The summed E-state index contributed by atoms with van der Waals surface area (Å²) >= 11 is 6.76. The summed E-state index contributed by atoms with van der Waals surface area (Å²) in [5.41, 5.74) is 3.98. The smallest absolute Gasteiger partial charge is 0.270 e. The molecule has 138 valence electrons. The monoisotopic (exact) mass is 402 g/mol. The van der Waals surface area contributed by atoms with Crippen LogP contribution in [0.4, 0.5) is 17.1 Å². The molecule has 0 radical (unpaired) electrons. The molecule has 0 unspecified atom stereocenters. The van der Waals surface area contributed by atoms with Crippen LogP contribution in [0.25, 0.3) is 6.08 Å². The first-order valence-corrected chi connectivity index (χ1v) is 10.1. The van der Waals surface area contributed by atoms with Gasteiger partial charge in [0.15, 0.2) is 4.32 Å². The molecule has 3 nitrogen and oxygen atoms in total. The van der Waals surface area contributed by atoms with E-state index in [1.807, 2.05) is 73.8 Å². The Morgan fingerprint density at radius 1 is 0.857 bits per heavy atom. The van der Waals surface area contributed by atoms with Gasteiger partial charge >= 0.3 is 0 Å². The van der Waals surface area contributed by atoms with E-state index >= 15 is 0 Å². The zero-order valence-electron chi connectivity index (χ0n) is 15.3. The first-order valence-electron chi connectivity index (χ1n) is 8.85. The number of rotatable bonds is 4. The van der Waals surface area contributed by atoms with Crippen LogP contribution in [0.3, 0.4) is 0 Å². The van der Waals surface area contributed by atoms with E-state index in [9.17, 15) is 4.79 Å². The lowest BCUT2D eigenvalue weighted by atomic mass is 10.1. The molecule has 0 aliphatic carbocycles. The highest BCUT2D eigenvalue weighted by atomic mass is 32.2. The van der Waals surface area contributed by atoms with Crippen molar-refractivity contribution in [2.45, 2.75) is 0 Å². The van der Waals surface area contributed by atoms with E-state index < -0.39 is 0 Å². The van der Waals surface area contributed by atoms with Crippen molar-refractivity contribution in [2.75, 3.05) is 16.8 Å². The second-order valence-electron chi connectivity index (χ2n) is 6.34. The van der Waals surface area contributed by atoms with Gasteiger partial charge in [0.1, 0.15) is 0 Å². The summed E-state index contributed by atoms with van der Waals surface area (Å²) < 4.78 is 0.558. The highest BCUT2D eigenvalue weighted by Gasteiger charge is 2.33. The Morgan fingerprint density at radius 3 is 2.07 bits per heavy atom. The molecule has 0 atom stereocenters. The lowest BCUT2D eigenvalue weighted by molar-refractivity contribution is -0.113. The van der Waals surface area contributed by atoms with Gasteiger partial charge in [0, 0.05) is 18.4 Å². The Kier molecular flexibility index (Phi) is 5.28. The molecular weight excluding hydrogens is 384 g/mol. The molecule has 1 amide bonds. The Hall–Kier alpha value is -2.89. The van der Waals surface area contributed by atoms with E-state index in [1.54, 1.807) is 4.90 Å². The molecule has 4 rings (SSSR count). The average molecular weight is 403 g/mol. The van der Waals surface area contributed by atoms with Crippen molar-refractivity contribution in [3.05, 3.63) is 95.4 Å². The predicted molar refractivity (Wildman–Crippen MR) is 123 cm³/mol. The summed E-state index contributed by atoms with van der Waals surface area (Å²) in [6.07, 6.45) is 1.90. The molecule has 3 aromatic carbocycles. The van der Waals surface area contributed by atoms with E-state index in [4.69, 9.17) is 12.2 Å². The third-order valence-corrected chi connectivity index (χ3v) is 5.83. The van der Waals surface area contributed by atoms with Crippen molar-refractivity contribution in [3.8, 4) is 0 Å². The van der Waals surface area contributed by atoms with Crippen LogP contribution in [0.5, 0.6) is 0 Å². The van der Waals surface area contributed by atoms with Crippen LogP contribution in [0.1, 0.15) is 5.56 Å². The van der Waals surface area contributed by atoms with Crippen molar-refractivity contribution in [3.63, 3.8) is 0 Å². The van der Waals surface area contributed by atoms with Crippen LogP contribution in [-0.2, 0) is 4.79 Å². The van der Waals surface area contributed by atoms with Crippen LogP contribution in [0.15, 0.2) is 89.8 Å². The second kappa shape index (κ2) is 8.00. The number of hydrogen-bond acceptors (Lipinski definition) is 4. The Labute approximate surface area is 174 Å². The molecule has 5 heteroatoms. The van der Waals surface area contributed by atoms with Crippen molar-refractivity contribution in [1.29, 1.82) is 0 Å². The number of benzene rings is 3. The fourth-order valence-electron chi connectivity index (χ4n) is 3.01. The molecule has 28 heavy (non-hydrogen) atoms. The van der Waals surface area contributed by atoms with E-state index in [0.29, 0.717) is 9.23 Å². The third-order valence-electron chi connectivity index (χ3n) is 4.53. The topological polar surface area (TPSA) is 23.6 Å². The number of carbonyl (C=O) groups is 1. The van der Waals surface area contributed by atoms with Gasteiger partial charge < -0.3 is 4.90 Å². The minimum atomic E-state index is -0.0771. The minimum absolute atomic E-state index is 0.0771. The summed E-state index contributed by atoms with van der Waals surface area (Å²) in [5.74, 6) is -0.0771. The zero-order valence-corrected chi connectivity index (χ0v) is 16.9. The van der Waals surface area contributed by atoms with Crippen LogP contribution < -0.4 is 9.80 Å². The van der Waals surface area contributed by atoms with Crippen molar-refractivity contribution in [2.24, 2.45) is 0 Å². The van der Waals surface area contributed by atoms with Gasteiger partial charge in [0.05, 0.1) is 10.6 Å².